The van der Waals surface area contributed by atoms with Crippen molar-refractivity contribution >= 4 is 22.4 Å². The fourth-order valence-electron chi connectivity index (χ4n) is 2.19. The molecule has 4 nitrogen and oxygen atoms in total. The number of anilines is 1. The summed E-state index contributed by atoms with van der Waals surface area (Å²) in [6, 6.07) is 17.7. The van der Waals surface area contributed by atoms with Gasteiger partial charge in [-0.3, -0.25) is 10.1 Å². The monoisotopic (exact) mass is 338 g/mol. The first kappa shape index (κ1) is 16.2. The predicted octanol–water partition coefficient (Wildman–Crippen LogP) is 4.39. The van der Waals surface area contributed by atoms with Gasteiger partial charge in [-0.1, -0.05) is 60.7 Å². The molecule has 0 unspecified atom stereocenters. The van der Waals surface area contributed by atoms with Crippen LogP contribution in [0.3, 0.4) is 0 Å². The van der Waals surface area contributed by atoms with E-state index in [2.05, 4.69) is 17.2 Å². The van der Waals surface area contributed by atoms with Crippen LogP contribution in [0.15, 0.2) is 60.8 Å². The Bertz CT molecular complexity index is 798. The molecule has 0 aliphatic rings. The molecule has 0 saturated heterocycles. The van der Waals surface area contributed by atoms with Crippen LogP contribution in [0, 0.1) is 0 Å². The lowest BCUT2D eigenvalue weighted by molar-refractivity contribution is -0.118. The van der Waals surface area contributed by atoms with Crippen LogP contribution in [0.4, 0.5) is 5.13 Å². The molecule has 1 heterocycles. The van der Waals surface area contributed by atoms with Crippen molar-refractivity contribution in [2.24, 2.45) is 0 Å². The van der Waals surface area contributed by atoms with Gasteiger partial charge in [0.05, 0.1) is 4.88 Å². The molecular weight excluding hydrogens is 320 g/mol. The van der Waals surface area contributed by atoms with Crippen LogP contribution in [-0.4, -0.2) is 17.5 Å². The number of aryl methyl sites for hydroxylation is 1. The molecular formula is C19H18N2O2S. The molecule has 0 bridgehead atoms. The molecule has 0 aliphatic heterocycles. The minimum Gasteiger partial charge on any atom is -0.484 e. The maximum Gasteiger partial charge on any atom is 0.264 e. The van der Waals surface area contributed by atoms with E-state index in [1.54, 1.807) is 6.20 Å². The van der Waals surface area contributed by atoms with E-state index in [0.717, 1.165) is 16.9 Å². The zero-order chi connectivity index (χ0) is 16.8. The third-order valence-electron chi connectivity index (χ3n) is 3.51. The van der Waals surface area contributed by atoms with Crippen molar-refractivity contribution in [1.82, 2.24) is 4.98 Å². The Kier molecular flexibility index (Phi) is 5.23. The smallest absolute Gasteiger partial charge is 0.264 e. The van der Waals surface area contributed by atoms with Gasteiger partial charge < -0.3 is 4.74 Å². The number of nitrogens with zero attached hydrogens (tertiary/aromatic N) is 1. The Labute approximate surface area is 145 Å². The van der Waals surface area contributed by atoms with Crippen molar-refractivity contribution in [3.8, 4) is 16.2 Å². The number of aromatic nitrogens is 1. The average molecular weight is 338 g/mol. The number of amides is 1. The average Bonchev–Trinajstić information content (AvgIpc) is 3.09. The van der Waals surface area contributed by atoms with Crippen LogP contribution in [0.1, 0.15) is 12.5 Å². The second-order valence-corrected chi connectivity index (χ2v) is 6.26. The van der Waals surface area contributed by atoms with Crippen LogP contribution in [-0.2, 0) is 11.2 Å². The number of ether oxygens (including phenoxy) is 1. The lowest BCUT2D eigenvalue weighted by atomic mass is 10.2. The number of hydrogen-bond donors (Lipinski definition) is 1. The van der Waals surface area contributed by atoms with Gasteiger partial charge in [-0.2, -0.15) is 0 Å². The molecule has 0 radical (unpaired) electrons. The van der Waals surface area contributed by atoms with Crippen LogP contribution < -0.4 is 10.1 Å². The first-order valence-electron chi connectivity index (χ1n) is 7.77. The molecule has 1 N–H and O–H groups in total. The van der Waals surface area contributed by atoms with Crippen LogP contribution >= 0.6 is 11.3 Å². The summed E-state index contributed by atoms with van der Waals surface area (Å²) in [5.74, 6) is 0.468. The molecule has 0 atom stereocenters. The van der Waals surface area contributed by atoms with E-state index in [0.29, 0.717) is 10.9 Å². The Hall–Kier alpha value is -2.66. The molecule has 24 heavy (non-hydrogen) atoms. The minimum absolute atomic E-state index is 0.0360. The molecule has 0 aliphatic carbocycles. The van der Waals surface area contributed by atoms with Gasteiger partial charge in [0.1, 0.15) is 5.75 Å². The maximum atomic E-state index is 12.0. The predicted molar refractivity (Wildman–Crippen MR) is 97.5 cm³/mol. The van der Waals surface area contributed by atoms with Gasteiger partial charge in [0.25, 0.3) is 5.91 Å². The van der Waals surface area contributed by atoms with Crippen molar-refractivity contribution < 1.29 is 9.53 Å². The molecule has 0 saturated carbocycles. The molecule has 1 amide bonds. The van der Waals surface area contributed by atoms with Gasteiger partial charge in [-0.05, 0) is 29.7 Å². The Morgan fingerprint density at radius 1 is 1.12 bits per heavy atom. The Morgan fingerprint density at radius 3 is 2.58 bits per heavy atom. The quantitative estimate of drug-likeness (QED) is 0.725. The molecule has 1 aromatic heterocycles. The van der Waals surface area contributed by atoms with Crippen molar-refractivity contribution in [2.75, 3.05) is 11.9 Å². The molecule has 5 heteroatoms. The zero-order valence-corrected chi connectivity index (χ0v) is 14.2. The van der Waals surface area contributed by atoms with Crippen molar-refractivity contribution in [3.63, 3.8) is 0 Å². The standard InChI is InChI=1S/C19H18N2O2S/c1-2-14-8-10-16(11-9-14)23-13-18(22)21-19-20-12-17(24-19)15-6-4-3-5-7-15/h3-12H,2,13H2,1H3,(H,20,21,22). The normalized spacial score (nSPS) is 10.4. The fraction of sp³-hybridized carbons (Fsp3) is 0.158. The number of carbonyl (C=O) groups excluding carboxylic acids is 1. The second-order valence-electron chi connectivity index (χ2n) is 5.23. The van der Waals surface area contributed by atoms with E-state index >= 15 is 0 Å². The highest BCUT2D eigenvalue weighted by atomic mass is 32.1. The van der Waals surface area contributed by atoms with E-state index in [-0.39, 0.29) is 12.5 Å². The number of carbonyl (C=O) groups is 1. The minimum atomic E-state index is -0.219. The summed E-state index contributed by atoms with van der Waals surface area (Å²) in [6.45, 7) is 2.06. The largest absolute Gasteiger partial charge is 0.484 e. The summed E-state index contributed by atoms with van der Waals surface area (Å²) < 4.78 is 5.50. The number of benzene rings is 2. The summed E-state index contributed by atoms with van der Waals surface area (Å²) in [5, 5.41) is 3.34. The van der Waals surface area contributed by atoms with Gasteiger partial charge in [-0.15, -0.1) is 0 Å². The van der Waals surface area contributed by atoms with E-state index in [9.17, 15) is 4.79 Å². The van der Waals surface area contributed by atoms with Crippen LogP contribution in [0.25, 0.3) is 10.4 Å². The first-order chi connectivity index (χ1) is 11.7. The highest BCUT2D eigenvalue weighted by molar-refractivity contribution is 7.19. The van der Waals surface area contributed by atoms with Crippen molar-refractivity contribution in [2.45, 2.75) is 13.3 Å². The number of hydrogen-bond acceptors (Lipinski definition) is 4. The lowest BCUT2D eigenvalue weighted by Gasteiger charge is -2.06. The molecule has 0 spiro atoms. The Balaban J connectivity index is 1.54. The van der Waals surface area contributed by atoms with Crippen LogP contribution in [0.5, 0.6) is 5.75 Å². The van der Waals surface area contributed by atoms with E-state index in [4.69, 9.17) is 4.74 Å². The summed E-state index contributed by atoms with van der Waals surface area (Å²) in [7, 11) is 0. The SMILES string of the molecule is CCc1ccc(OCC(=O)Nc2ncc(-c3ccccc3)s2)cc1. The fourth-order valence-corrected chi connectivity index (χ4v) is 3.03. The summed E-state index contributed by atoms with van der Waals surface area (Å²) >= 11 is 1.44. The number of thiazole rings is 1. The Morgan fingerprint density at radius 2 is 1.88 bits per heavy atom. The van der Waals surface area contributed by atoms with Gasteiger partial charge in [0, 0.05) is 6.20 Å². The highest BCUT2D eigenvalue weighted by Crippen LogP contribution is 2.28. The third-order valence-corrected chi connectivity index (χ3v) is 4.47. The maximum absolute atomic E-state index is 12.0. The van der Waals surface area contributed by atoms with Gasteiger partial charge >= 0.3 is 0 Å². The molecule has 3 aromatic rings. The third kappa shape index (κ3) is 4.20. The topological polar surface area (TPSA) is 51.2 Å². The number of nitrogens with one attached hydrogen (secondary N) is 1. The van der Waals surface area contributed by atoms with E-state index in [1.165, 1.54) is 16.9 Å². The first-order valence-corrected chi connectivity index (χ1v) is 8.59. The molecule has 0 fully saturated rings. The van der Waals surface area contributed by atoms with Crippen molar-refractivity contribution in [1.29, 1.82) is 0 Å². The zero-order valence-electron chi connectivity index (χ0n) is 13.4. The molecule has 2 aromatic carbocycles. The van der Waals surface area contributed by atoms with Gasteiger partial charge in [0.2, 0.25) is 0 Å². The highest BCUT2D eigenvalue weighted by Gasteiger charge is 2.08. The van der Waals surface area contributed by atoms with Crippen LogP contribution in [0.2, 0.25) is 0 Å². The lowest BCUT2D eigenvalue weighted by Crippen LogP contribution is -2.19. The number of rotatable bonds is 6. The van der Waals surface area contributed by atoms with Gasteiger partial charge in [-0.25, -0.2) is 4.98 Å². The summed E-state index contributed by atoms with van der Waals surface area (Å²) in [4.78, 5) is 17.2. The summed E-state index contributed by atoms with van der Waals surface area (Å²) in [6.07, 6.45) is 2.74. The van der Waals surface area contributed by atoms with Crippen molar-refractivity contribution in [3.05, 3.63) is 66.4 Å². The molecule has 122 valence electrons. The van der Waals surface area contributed by atoms with Gasteiger partial charge in [0.15, 0.2) is 11.7 Å². The second kappa shape index (κ2) is 7.75. The van der Waals surface area contributed by atoms with E-state index in [1.807, 2.05) is 54.6 Å². The molecule has 3 rings (SSSR count). The van der Waals surface area contributed by atoms with E-state index < -0.39 is 0 Å². The summed E-state index contributed by atoms with van der Waals surface area (Å²) in [5.41, 5.74) is 2.32.